The molecule has 0 spiro atoms. The first-order valence-electron chi connectivity index (χ1n) is 9.84. The Balaban J connectivity index is 1.97. The summed E-state index contributed by atoms with van der Waals surface area (Å²) in [7, 11) is 3.69. The number of carbonyl (C=O) groups is 1. The minimum Gasteiger partial charge on any atom is -0.480 e. The molecule has 0 bridgehead atoms. The zero-order valence-corrected chi connectivity index (χ0v) is 18.3. The Labute approximate surface area is 178 Å². The summed E-state index contributed by atoms with van der Waals surface area (Å²) in [6.07, 6.45) is 4.03. The van der Waals surface area contributed by atoms with E-state index in [1.54, 1.807) is 23.8 Å². The number of nitrogens with zero attached hydrogens (tertiary/aromatic N) is 3. The average molecular weight is 428 g/mol. The number of aromatic nitrogens is 2. The maximum absolute atomic E-state index is 13.2. The Kier molecular flexibility index (Phi) is 5.46. The first-order valence-corrected chi connectivity index (χ1v) is 11.1. The summed E-state index contributed by atoms with van der Waals surface area (Å²) in [5.41, 5.74) is 1.92. The van der Waals surface area contributed by atoms with E-state index in [1.165, 1.54) is 11.8 Å². The molecule has 1 N–H and O–H groups in total. The number of ether oxygens (including phenoxy) is 1. The Morgan fingerprint density at radius 1 is 1.30 bits per heavy atom. The van der Waals surface area contributed by atoms with Crippen molar-refractivity contribution in [2.75, 3.05) is 25.3 Å². The van der Waals surface area contributed by atoms with Gasteiger partial charge in [0.05, 0.1) is 17.0 Å². The molecule has 1 fully saturated rings. The van der Waals surface area contributed by atoms with Gasteiger partial charge in [-0.05, 0) is 49.8 Å². The summed E-state index contributed by atoms with van der Waals surface area (Å²) in [4.78, 5) is 32.7. The van der Waals surface area contributed by atoms with E-state index in [0.717, 1.165) is 29.1 Å². The minimum atomic E-state index is -0.975. The fourth-order valence-corrected chi connectivity index (χ4v) is 4.98. The van der Waals surface area contributed by atoms with Crippen LogP contribution in [0.2, 0.25) is 0 Å². The van der Waals surface area contributed by atoms with Gasteiger partial charge in [-0.15, -0.1) is 11.8 Å². The molecule has 1 aliphatic carbocycles. The maximum Gasteiger partial charge on any atom is 0.323 e. The molecule has 1 aromatic carbocycles. The first kappa shape index (κ1) is 20.7. The topological polar surface area (TPSA) is 84.7 Å². The Bertz CT molecular complexity index is 1200. The summed E-state index contributed by atoms with van der Waals surface area (Å²) in [5.74, 6) is -0.254. The fraction of sp³-hybridized carbons (Fsp3) is 0.409. The van der Waals surface area contributed by atoms with Crippen molar-refractivity contribution in [3.8, 4) is 0 Å². The van der Waals surface area contributed by atoms with E-state index in [1.807, 2.05) is 32.4 Å². The number of fused-ring (bicyclic) bond motifs is 2. The SMILES string of the molecule is CO[C@H]1C[C@@H](N(C)c2ccc3c(=O)c4ccc(C)c(SC)c4n(CC(=O)O)c3n2)C1. The van der Waals surface area contributed by atoms with Crippen molar-refractivity contribution < 1.29 is 14.6 Å². The second-order valence-corrected chi connectivity index (χ2v) is 8.57. The summed E-state index contributed by atoms with van der Waals surface area (Å²) in [6, 6.07) is 7.60. The number of anilines is 1. The first-order chi connectivity index (χ1) is 14.3. The smallest absolute Gasteiger partial charge is 0.323 e. The van der Waals surface area contributed by atoms with E-state index >= 15 is 0 Å². The molecule has 2 heterocycles. The van der Waals surface area contributed by atoms with E-state index < -0.39 is 5.97 Å². The van der Waals surface area contributed by atoms with E-state index in [0.29, 0.717) is 28.0 Å². The van der Waals surface area contributed by atoms with Crippen molar-refractivity contribution in [3.63, 3.8) is 0 Å². The quantitative estimate of drug-likeness (QED) is 0.477. The second kappa shape index (κ2) is 7.92. The van der Waals surface area contributed by atoms with Gasteiger partial charge in [0.25, 0.3) is 0 Å². The number of thioether (sulfide) groups is 1. The fourth-order valence-electron chi connectivity index (χ4n) is 4.17. The molecule has 0 unspecified atom stereocenters. The Morgan fingerprint density at radius 3 is 2.63 bits per heavy atom. The molecule has 4 rings (SSSR count). The van der Waals surface area contributed by atoms with Crippen molar-refractivity contribution in [2.45, 2.75) is 43.4 Å². The van der Waals surface area contributed by atoms with E-state index in [4.69, 9.17) is 9.72 Å². The average Bonchev–Trinajstić information content (AvgIpc) is 2.69. The molecule has 0 amide bonds. The van der Waals surface area contributed by atoms with Gasteiger partial charge in [0, 0.05) is 30.5 Å². The highest BCUT2D eigenvalue weighted by atomic mass is 32.2. The molecule has 0 atom stereocenters. The molecule has 3 aromatic rings. The van der Waals surface area contributed by atoms with Gasteiger partial charge in [0.15, 0.2) is 5.43 Å². The van der Waals surface area contributed by atoms with Crippen LogP contribution < -0.4 is 10.3 Å². The van der Waals surface area contributed by atoms with E-state index in [-0.39, 0.29) is 18.1 Å². The number of aryl methyl sites for hydroxylation is 1. The summed E-state index contributed by atoms with van der Waals surface area (Å²) < 4.78 is 7.05. The van der Waals surface area contributed by atoms with Gasteiger partial charge in [-0.3, -0.25) is 9.59 Å². The van der Waals surface area contributed by atoms with Crippen LogP contribution in [0.3, 0.4) is 0 Å². The van der Waals surface area contributed by atoms with Crippen LogP contribution in [0.5, 0.6) is 0 Å². The zero-order valence-electron chi connectivity index (χ0n) is 17.5. The number of rotatable bonds is 6. The standard InChI is InChI=1S/C22H25N3O4S/c1-12-5-6-15-19(21(12)30-4)25(11-18(26)27)22-16(20(15)28)7-8-17(23-22)24(2)13-9-14(10-13)29-3/h5-8,13-14H,9-11H2,1-4H3,(H,26,27)/t13-,14+. The molecule has 0 saturated heterocycles. The predicted molar refractivity (Wildman–Crippen MR) is 120 cm³/mol. The van der Waals surface area contributed by atoms with Crippen LogP contribution in [-0.4, -0.2) is 53.2 Å². The normalized spacial score (nSPS) is 18.5. The van der Waals surface area contributed by atoms with Crippen LogP contribution in [0.15, 0.2) is 34.0 Å². The summed E-state index contributed by atoms with van der Waals surface area (Å²) in [6.45, 7) is 1.70. The molecular formula is C22H25N3O4S. The third kappa shape index (κ3) is 3.33. The number of methoxy groups -OCH3 is 1. The van der Waals surface area contributed by atoms with Gasteiger partial charge in [-0.25, -0.2) is 4.98 Å². The van der Waals surface area contributed by atoms with Gasteiger partial charge in [-0.1, -0.05) is 6.07 Å². The Morgan fingerprint density at radius 2 is 2.00 bits per heavy atom. The lowest BCUT2D eigenvalue weighted by Gasteiger charge is -2.40. The van der Waals surface area contributed by atoms with Gasteiger partial charge < -0.3 is 19.3 Å². The number of hydrogen-bond donors (Lipinski definition) is 1. The third-order valence-electron chi connectivity index (χ3n) is 6.01. The molecule has 8 heteroatoms. The summed E-state index contributed by atoms with van der Waals surface area (Å²) in [5, 5.41) is 10.5. The Hall–Kier alpha value is -2.58. The lowest BCUT2D eigenvalue weighted by Crippen LogP contribution is -2.46. The van der Waals surface area contributed by atoms with Gasteiger partial charge >= 0.3 is 5.97 Å². The number of hydrogen-bond acceptors (Lipinski definition) is 6. The predicted octanol–water partition coefficient (Wildman–Crippen LogP) is 3.28. The third-order valence-corrected chi connectivity index (χ3v) is 6.94. The second-order valence-electron chi connectivity index (χ2n) is 7.76. The molecule has 0 aliphatic heterocycles. The minimum absolute atomic E-state index is 0.123. The van der Waals surface area contributed by atoms with Crippen molar-refractivity contribution in [1.29, 1.82) is 0 Å². The van der Waals surface area contributed by atoms with E-state index in [9.17, 15) is 14.7 Å². The number of benzene rings is 1. The summed E-state index contributed by atoms with van der Waals surface area (Å²) >= 11 is 1.51. The van der Waals surface area contributed by atoms with Gasteiger partial charge in [0.2, 0.25) is 0 Å². The molecule has 158 valence electrons. The van der Waals surface area contributed by atoms with Gasteiger partial charge in [-0.2, -0.15) is 0 Å². The van der Waals surface area contributed by atoms with Crippen LogP contribution in [0.4, 0.5) is 5.82 Å². The number of pyridine rings is 2. The van der Waals surface area contributed by atoms with Crippen molar-refractivity contribution in [2.24, 2.45) is 0 Å². The molecule has 30 heavy (non-hydrogen) atoms. The molecule has 7 nitrogen and oxygen atoms in total. The number of carboxylic acids is 1. The van der Waals surface area contributed by atoms with Crippen LogP contribution in [0, 0.1) is 6.92 Å². The molecular weight excluding hydrogens is 402 g/mol. The van der Waals surface area contributed by atoms with Crippen LogP contribution in [0.25, 0.3) is 21.9 Å². The molecule has 0 radical (unpaired) electrons. The van der Waals surface area contributed by atoms with Gasteiger partial charge in [0.1, 0.15) is 18.0 Å². The van der Waals surface area contributed by atoms with Crippen molar-refractivity contribution in [1.82, 2.24) is 9.55 Å². The maximum atomic E-state index is 13.2. The lowest BCUT2D eigenvalue weighted by atomic mass is 9.88. The highest BCUT2D eigenvalue weighted by molar-refractivity contribution is 7.98. The lowest BCUT2D eigenvalue weighted by molar-refractivity contribution is -0.137. The van der Waals surface area contributed by atoms with Crippen molar-refractivity contribution >= 4 is 45.5 Å². The molecule has 1 aliphatic rings. The molecule has 2 aromatic heterocycles. The largest absolute Gasteiger partial charge is 0.480 e. The highest BCUT2D eigenvalue weighted by Gasteiger charge is 2.33. The number of carboxylic acid groups (broad SMARTS) is 1. The monoisotopic (exact) mass is 427 g/mol. The molecule has 1 saturated carbocycles. The number of aliphatic carboxylic acids is 1. The van der Waals surface area contributed by atoms with Crippen LogP contribution in [-0.2, 0) is 16.1 Å². The zero-order chi connectivity index (χ0) is 21.6. The van der Waals surface area contributed by atoms with Crippen LogP contribution in [0.1, 0.15) is 18.4 Å². The highest BCUT2D eigenvalue weighted by Crippen LogP contribution is 2.33. The van der Waals surface area contributed by atoms with Crippen molar-refractivity contribution in [3.05, 3.63) is 40.1 Å². The van der Waals surface area contributed by atoms with E-state index in [2.05, 4.69) is 4.90 Å². The van der Waals surface area contributed by atoms with Crippen LogP contribution >= 0.6 is 11.8 Å².